The molecule has 78 valence electrons. The molecule has 1 aliphatic carbocycles. The minimum absolute atomic E-state index is 0.0733. The van der Waals surface area contributed by atoms with Crippen LogP contribution in [0, 0.1) is 29.1 Å². The summed E-state index contributed by atoms with van der Waals surface area (Å²) in [6.45, 7) is 5.21. The standard InChI is InChI=1S/C11H17NO2/c1-7-8(6-12)4-9(5-10(7)13)11(2,3)14/h7-9,14H,4-5H2,1-3H3/t7-,8+,9-/m1/s1. The Labute approximate surface area is 84.7 Å². The average molecular weight is 195 g/mol. The molecule has 0 aliphatic heterocycles. The molecule has 1 aliphatic rings. The summed E-state index contributed by atoms with van der Waals surface area (Å²) in [5, 5.41) is 18.7. The van der Waals surface area contributed by atoms with Gasteiger partial charge in [0.15, 0.2) is 0 Å². The number of Topliss-reactive ketones (excluding diaryl/α,β-unsaturated/α-hetero) is 1. The van der Waals surface area contributed by atoms with Crippen molar-refractivity contribution in [2.24, 2.45) is 17.8 Å². The first-order valence-corrected chi connectivity index (χ1v) is 5.01. The van der Waals surface area contributed by atoms with Crippen molar-refractivity contribution in [2.45, 2.75) is 39.2 Å². The highest BCUT2D eigenvalue weighted by Gasteiger charge is 2.39. The first-order chi connectivity index (χ1) is 6.36. The second kappa shape index (κ2) is 3.70. The fourth-order valence-electron chi connectivity index (χ4n) is 1.95. The zero-order valence-corrected chi connectivity index (χ0v) is 8.95. The van der Waals surface area contributed by atoms with Gasteiger partial charge in [0.1, 0.15) is 5.78 Å². The molecule has 3 nitrogen and oxygen atoms in total. The second-order valence-corrected chi connectivity index (χ2v) is 4.78. The summed E-state index contributed by atoms with van der Waals surface area (Å²) < 4.78 is 0. The number of nitriles is 1. The molecule has 3 atom stereocenters. The Bertz CT molecular complexity index is 272. The normalized spacial score (nSPS) is 33.9. The zero-order valence-electron chi connectivity index (χ0n) is 8.95. The van der Waals surface area contributed by atoms with E-state index in [0.717, 1.165) is 0 Å². The van der Waals surface area contributed by atoms with Crippen molar-refractivity contribution < 1.29 is 9.90 Å². The van der Waals surface area contributed by atoms with E-state index in [9.17, 15) is 9.90 Å². The Kier molecular flexibility index (Phi) is 2.96. The van der Waals surface area contributed by atoms with E-state index in [4.69, 9.17) is 5.26 Å². The molecule has 14 heavy (non-hydrogen) atoms. The van der Waals surface area contributed by atoms with Gasteiger partial charge >= 0.3 is 0 Å². The van der Waals surface area contributed by atoms with Gasteiger partial charge in [-0.2, -0.15) is 5.26 Å². The molecule has 1 saturated carbocycles. The lowest BCUT2D eigenvalue weighted by atomic mass is 9.69. The predicted molar refractivity (Wildman–Crippen MR) is 52.3 cm³/mol. The Morgan fingerprint density at radius 3 is 2.57 bits per heavy atom. The molecular weight excluding hydrogens is 178 g/mol. The Balaban J connectivity index is 2.79. The number of aliphatic hydroxyl groups is 1. The smallest absolute Gasteiger partial charge is 0.137 e. The third-order valence-corrected chi connectivity index (χ3v) is 3.26. The minimum Gasteiger partial charge on any atom is -0.390 e. The lowest BCUT2D eigenvalue weighted by molar-refractivity contribution is -0.130. The molecule has 1 fully saturated rings. The topological polar surface area (TPSA) is 61.1 Å². The summed E-state index contributed by atoms with van der Waals surface area (Å²) in [6, 6.07) is 2.15. The number of rotatable bonds is 1. The van der Waals surface area contributed by atoms with Crippen LogP contribution in [0.4, 0.5) is 0 Å². The second-order valence-electron chi connectivity index (χ2n) is 4.78. The fraction of sp³-hybridized carbons (Fsp3) is 0.818. The van der Waals surface area contributed by atoms with E-state index in [2.05, 4.69) is 6.07 Å². The van der Waals surface area contributed by atoms with Crippen LogP contribution in [0.2, 0.25) is 0 Å². The molecule has 0 aromatic heterocycles. The van der Waals surface area contributed by atoms with Gasteiger partial charge in [0.2, 0.25) is 0 Å². The molecule has 1 rings (SSSR count). The van der Waals surface area contributed by atoms with Gasteiger partial charge in [-0.15, -0.1) is 0 Å². The summed E-state index contributed by atoms with van der Waals surface area (Å²) in [5.41, 5.74) is -0.856. The largest absolute Gasteiger partial charge is 0.390 e. The third-order valence-electron chi connectivity index (χ3n) is 3.26. The first kappa shape index (κ1) is 11.2. The van der Waals surface area contributed by atoms with Gasteiger partial charge in [-0.05, 0) is 26.2 Å². The first-order valence-electron chi connectivity index (χ1n) is 5.01. The molecule has 0 saturated heterocycles. The van der Waals surface area contributed by atoms with Crippen molar-refractivity contribution in [1.29, 1.82) is 5.26 Å². The average Bonchev–Trinajstić information content (AvgIpc) is 2.07. The van der Waals surface area contributed by atoms with Crippen LogP contribution in [0.1, 0.15) is 33.6 Å². The van der Waals surface area contributed by atoms with Crippen molar-refractivity contribution in [3.05, 3.63) is 0 Å². The van der Waals surface area contributed by atoms with Gasteiger partial charge in [-0.1, -0.05) is 6.92 Å². The van der Waals surface area contributed by atoms with Crippen LogP contribution in [-0.4, -0.2) is 16.5 Å². The fourth-order valence-corrected chi connectivity index (χ4v) is 1.95. The van der Waals surface area contributed by atoms with Gasteiger partial charge in [0.25, 0.3) is 0 Å². The molecule has 0 aromatic carbocycles. The van der Waals surface area contributed by atoms with Crippen LogP contribution in [0.15, 0.2) is 0 Å². The maximum absolute atomic E-state index is 11.6. The van der Waals surface area contributed by atoms with Crippen molar-refractivity contribution in [3.8, 4) is 6.07 Å². The summed E-state index contributed by atoms with van der Waals surface area (Å²) in [5.74, 6) is -0.364. The Hall–Kier alpha value is -0.880. The molecule has 0 heterocycles. The number of hydrogen-bond acceptors (Lipinski definition) is 3. The SMILES string of the molecule is C[C@H]1C(=O)C[C@H](C(C)(C)O)C[C@H]1C#N. The lowest BCUT2D eigenvalue weighted by Crippen LogP contribution is -2.40. The van der Waals surface area contributed by atoms with Crippen LogP contribution in [0.25, 0.3) is 0 Å². The minimum atomic E-state index is -0.856. The van der Waals surface area contributed by atoms with Crippen LogP contribution in [-0.2, 0) is 4.79 Å². The highest BCUT2D eigenvalue weighted by molar-refractivity contribution is 5.82. The molecular formula is C11H17NO2. The van der Waals surface area contributed by atoms with Gasteiger partial charge < -0.3 is 5.11 Å². The molecule has 0 aromatic rings. The van der Waals surface area contributed by atoms with E-state index in [1.54, 1.807) is 20.8 Å². The summed E-state index contributed by atoms with van der Waals surface area (Å²) >= 11 is 0. The van der Waals surface area contributed by atoms with Gasteiger partial charge in [0, 0.05) is 12.3 Å². The monoisotopic (exact) mass is 195 g/mol. The predicted octanol–water partition coefficient (Wildman–Crippen LogP) is 1.51. The Morgan fingerprint density at radius 2 is 2.14 bits per heavy atom. The van der Waals surface area contributed by atoms with Crippen LogP contribution >= 0.6 is 0 Å². The molecule has 3 heteroatoms. The Morgan fingerprint density at radius 1 is 1.57 bits per heavy atom. The van der Waals surface area contributed by atoms with Crippen molar-refractivity contribution >= 4 is 5.78 Å². The lowest BCUT2D eigenvalue weighted by Gasteiger charge is -2.36. The number of nitrogens with zero attached hydrogens (tertiary/aromatic N) is 1. The quantitative estimate of drug-likeness (QED) is 0.690. The van der Waals surface area contributed by atoms with E-state index in [0.29, 0.717) is 12.8 Å². The summed E-state index contributed by atoms with van der Waals surface area (Å²) in [4.78, 5) is 11.6. The summed E-state index contributed by atoms with van der Waals surface area (Å²) in [6.07, 6.45) is 1.04. The van der Waals surface area contributed by atoms with E-state index in [1.807, 2.05) is 0 Å². The molecule has 0 radical (unpaired) electrons. The summed E-state index contributed by atoms with van der Waals surface area (Å²) in [7, 11) is 0. The highest BCUT2D eigenvalue weighted by Crippen LogP contribution is 2.36. The highest BCUT2D eigenvalue weighted by atomic mass is 16.3. The number of hydrogen-bond donors (Lipinski definition) is 1. The van der Waals surface area contributed by atoms with Crippen molar-refractivity contribution in [3.63, 3.8) is 0 Å². The number of carbonyl (C=O) groups excluding carboxylic acids is 1. The van der Waals surface area contributed by atoms with Crippen molar-refractivity contribution in [2.75, 3.05) is 0 Å². The molecule has 0 bridgehead atoms. The van der Waals surface area contributed by atoms with Crippen LogP contribution < -0.4 is 0 Å². The maximum Gasteiger partial charge on any atom is 0.137 e. The van der Waals surface area contributed by atoms with Crippen LogP contribution in [0.3, 0.4) is 0 Å². The third kappa shape index (κ3) is 2.13. The van der Waals surface area contributed by atoms with Gasteiger partial charge in [-0.25, -0.2) is 0 Å². The molecule has 0 spiro atoms. The van der Waals surface area contributed by atoms with Gasteiger partial charge in [-0.3, -0.25) is 4.79 Å². The maximum atomic E-state index is 11.6. The number of ketones is 1. The molecule has 0 unspecified atom stereocenters. The van der Waals surface area contributed by atoms with Gasteiger partial charge in [0.05, 0.1) is 17.6 Å². The van der Waals surface area contributed by atoms with E-state index in [-0.39, 0.29) is 23.5 Å². The van der Waals surface area contributed by atoms with E-state index < -0.39 is 5.60 Å². The van der Waals surface area contributed by atoms with Crippen molar-refractivity contribution in [1.82, 2.24) is 0 Å². The van der Waals surface area contributed by atoms with Crippen LogP contribution in [0.5, 0.6) is 0 Å². The molecule has 0 amide bonds. The van der Waals surface area contributed by atoms with E-state index >= 15 is 0 Å². The van der Waals surface area contributed by atoms with E-state index in [1.165, 1.54) is 0 Å². The zero-order chi connectivity index (χ0) is 10.9. The molecule has 1 N–H and O–H groups in total. The number of carbonyl (C=O) groups is 1.